The van der Waals surface area contributed by atoms with Crippen LogP contribution in [0.5, 0.6) is 0 Å². The Kier molecular flexibility index (Phi) is 4.61. The monoisotopic (exact) mass is 377 g/mol. The number of halogens is 3. The van der Waals surface area contributed by atoms with Crippen molar-refractivity contribution in [3.8, 4) is 0 Å². The van der Waals surface area contributed by atoms with Gasteiger partial charge in [0.15, 0.2) is 0 Å². The molecule has 1 unspecified atom stereocenters. The van der Waals surface area contributed by atoms with Gasteiger partial charge in [0.2, 0.25) is 5.91 Å². The van der Waals surface area contributed by atoms with E-state index < -0.39 is 34.9 Å². The number of hydrogen-bond donors (Lipinski definition) is 2. The number of benzene rings is 2. The van der Waals surface area contributed by atoms with Crippen LogP contribution < -0.4 is 16.6 Å². The highest BCUT2D eigenvalue weighted by atomic mass is 19.4. The third-order valence-corrected chi connectivity index (χ3v) is 4.08. The Balaban J connectivity index is 1.89. The molecule has 9 heteroatoms. The number of aromatic amines is 1. The molecular formula is C18H14F3N3O3. The van der Waals surface area contributed by atoms with Crippen LogP contribution in [0.4, 0.5) is 18.9 Å². The number of alkyl halides is 3. The van der Waals surface area contributed by atoms with Crippen molar-refractivity contribution in [2.45, 2.75) is 19.1 Å². The van der Waals surface area contributed by atoms with Gasteiger partial charge in [-0.25, -0.2) is 9.36 Å². The number of amides is 1. The summed E-state index contributed by atoms with van der Waals surface area (Å²) < 4.78 is 38.5. The zero-order chi connectivity index (χ0) is 19.8. The number of rotatable bonds is 3. The molecule has 2 N–H and O–H groups in total. The lowest BCUT2D eigenvalue weighted by Crippen LogP contribution is -2.41. The Hall–Kier alpha value is -3.36. The Morgan fingerprint density at radius 2 is 1.70 bits per heavy atom. The standard InChI is InChI=1S/C18H14F3N3O3/c1-10(15(25)22-12-8-6-11(7-9-12)18(19,20)21)24-16(26)13-4-2-3-5-14(13)23-17(24)27/h2-10H,1H3,(H,22,25)(H,23,27). The number of H-pyrrole nitrogens is 1. The summed E-state index contributed by atoms with van der Waals surface area (Å²) >= 11 is 0. The van der Waals surface area contributed by atoms with E-state index in [1.807, 2.05) is 0 Å². The molecule has 1 aromatic heterocycles. The molecule has 1 atom stereocenters. The molecule has 0 aliphatic heterocycles. The highest BCUT2D eigenvalue weighted by Crippen LogP contribution is 2.29. The maximum absolute atomic E-state index is 12.6. The van der Waals surface area contributed by atoms with E-state index in [-0.39, 0.29) is 11.1 Å². The quantitative estimate of drug-likeness (QED) is 0.736. The molecule has 3 aromatic rings. The van der Waals surface area contributed by atoms with E-state index in [4.69, 9.17) is 0 Å². The summed E-state index contributed by atoms with van der Waals surface area (Å²) in [6.45, 7) is 1.35. The minimum Gasteiger partial charge on any atom is -0.324 e. The highest BCUT2D eigenvalue weighted by molar-refractivity contribution is 5.93. The fourth-order valence-corrected chi connectivity index (χ4v) is 2.63. The first-order chi connectivity index (χ1) is 12.7. The molecular weight excluding hydrogens is 363 g/mol. The summed E-state index contributed by atoms with van der Waals surface area (Å²) in [5, 5.41) is 2.64. The van der Waals surface area contributed by atoms with Crippen molar-refractivity contribution in [2.24, 2.45) is 0 Å². The fourth-order valence-electron chi connectivity index (χ4n) is 2.63. The van der Waals surface area contributed by atoms with Gasteiger partial charge in [0.25, 0.3) is 5.56 Å². The van der Waals surface area contributed by atoms with Crippen LogP contribution in [0.3, 0.4) is 0 Å². The summed E-state index contributed by atoms with van der Waals surface area (Å²) in [5.74, 6) is -0.711. The average Bonchev–Trinajstić information content (AvgIpc) is 2.61. The predicted molar refractivity (Wildman–Crippen MR) is 93.6 cm³/mol. The number of carbonyl (C=O) groups is 1. The Morgan fingerprint density at radius 1 is 1.07 bits per heavy atom. The molecule has 0 aliphatic carbocycles. The Bertz CT molecular complexity index is 1110. The van der Waals surface area contributed by atoms with E-state index >= 15 is 0 Å². The van der Waals surface area contributed by atoms with E-state index in [2.05, 4.69) is 10.3 Å². The summed E-state index contributed by atoms with van der Waals surface area (Å²) in [5.41, 5.74) is -1.78. The molecule has 27 heavy (non-hydrogen) atoms. The zero-order valence-electron chi connectivity index (χ0n) is 14.0. The molecule has 0 radical (unpaired) electrons. The summed E-state index contributed by atoms with van der Waals surface area (Å²) in [7, 11) is 0. The molecule has 2 aromatic carbocycles. The first-order valence-corrected chi connectivity index (χ1v) is 7.90. The number of carbonyl (C=O) groups excluding carboxylic acids is 1. The van der Waals surface area contributed by atoms with Gasteiger partial charge in [-0.05, 0) is 43.3 Å². The number of fused-ring (bicyclic) bond motifs is 1. The first-order valence-electron chi connectivity index (χ1n) is 7.90. The predicted octanol–water partition coefficient (Wildman–Crippen LogP) is 2.91. The van der Waals surface area contributed by atoms with Crippen LogP contribution in [0.15, 0.2) is 58.1 Å². The van der Waals surface area contributed by atoms with Gasteiger partial charge in [0.05, 0.1) is 16.5 Å². The van der Waals surface area contributed by atoms with E-state index in [1.165, 1.54) is 13.0 Å². The molecule has 0 saturated carbocycles. The molecule has 6 nitrogen and oxygen atoms in total. The second kappa shape index (κ2) is 6.75. The molecule has 1 amide bonds. The third kappa shape index (κ3) is 3.62. The number of aromatic nitrogens is 2. The SMILES string of the molecule is CC(C(=O)Nc1ccc(C(F)(F)F)cc1)n1c(=O)[nH]c2ccccc2c1=O. The van der Waals surface area contributed by atoms with E-state index in [0.717, 1.165) is 28.8 Å². The van der Waals surface area contributed by atoms with E-state index in [9.17, 15) is 27.6 Å². The maximum Gasteiger partial charge on any atom is 0.416 e. The molecule has 0 bridgehead atoms. The lowest BCUT2D eigenvalue weighted by atomic mass is 10.2. The van der Waals surface area contributed by atoms with Gasteiger partial charge in [-0.1, -0.05) is 12.1 Å². The maximum atomic E-state index is 12.6. The summed E-state index contributed by atoms with van der Waals surface area (Å²) in [4.78, 5) is 39.7. The molecule has 0 spiro atoms. The van der Waals surface area contributed by atoms with Gasteiger partial charge in [0, 0.05) is 5.69 Å². The van der Waals surface area contributed by atoms with Gasteiger partial charge in [-0.2, -0.15) is 13.2 Å². The minimum absolute atomic E-state index is 0.116. The van der Waals surface area contributed by atoms with Crippen LogP contribution in [-0.4, -0.2) is 15.5 Å². The van der Waals surface area contributed by atoms with Gasteiger partial charge < -0.3 is 10.3 Å². The molecule has 3 rings (SSSR count). The second-order valence-electron chi connectivity index (χ2n) is 5.89. The molecule has 0 fully saturated rings. The minimum atomic E-state index is -4.48. The van der Waals surface area contributed by atoms with Crippen LogP contribution in [0, 0.1) is 0 Å². The van der Waals surface area contributed by atoms with Crippen molar-refractivity contribution < 1.29 is 18.0 Å². The van der Waals surface area contributed by atoms with Crippen molar-refractivity contribution in [3.05, 3.63) is 74.9 Å². The van der Waals surface area contributed by atoms with Crippen molar-refractivity contribution in [1.29, 1.82) is 0 Å². The van der Waals surface area contributed by atoms with Crippen molar-refractivity contribution >= 4 is 22.5 Å². The Labute approximate surface area is 150 Å². The highest BCUT2D eigenvalue weighted by Gasteiger charge is 2.30. The van der Waals surface area contributed by atoms with Crippen molar-refractivity contribution in [2.75, 3.05) is 5.32 Å². The largest absolute Gasteiger partial charge is 0.416 e. The van der Waals surface area contributed by atoms with Gasteiger partial charge in [-0.3, -0.25) is 9.59 Å². The fraction of sp³-hybridized carbons (Fsp3) is 0.167. The van der Waals surface area contributed by atoms with Gasteiger partial charge in [0.1, 0.15) is 6.04 Å². The van der Waals surface area contributed by atoms with Gasteiger partial charge in [-0.15, -0.1) is 0 Å². The van der Waals surface area contributed by atoms with E-state index in [1.54, 1.807) is 18.2 Å². The smallest absolute Gasteiger partial charge is 0.324 e. The molecule has 0 aliphatic rings. The van der Waals surface area contributed by atoms with Crippen LogP contribution in [-0.2, 0) is 11.0 Å². The number of hydrogen-bond acceptors (Lipinski definition) is 3. The topological polar surface area (TPSA) is 84.0 Å². The first kappa shape index (κ1) is 18.4. The molecule has 1 heterocycles. The summed E-state index contributed by atoms with van der Waals surface area (Å²) in [6, 6.07) is 9.04. The second-order valence-corrected chi connectivity index (χ2v) is 5.89. The average molecular weight is 377 g/mol. The number of para-hydroxylation sites is 1. The third-order valence-electron chi connectivity index (χ3n) is 4.08. The van der Waals surface area contributed by atoms with Gasteiger partial charge >= 0.3 is 11.9 Å². The van der Waals surface area contributed by atoms with Crippen LogP contribution >= 0.6 is 0 Å². The van der Waals surface area contributed by atoms with Crippen LogP contribution in [0.2, 0.25) is 0 Å². The van der Waals surface area contributed by atoms with Crippen LogP contribution in [0.1, 0.15) is 18.5 Å². The normalized spacial score (nSPS) is 12.7. The van der Waals surface area contributed by atoms with E-state index in [0.29, 0.717) is 5.52 Å². The summed E-state index contributed by atoms with van der Waals surface area (Å²) in [6.07, 6.45) is -4.48. The van der Waals surface area contributed by atoms with Crippen molar-refractivity contribution in [3.63, 3.8) is 0 Å². The Morgan fingerprint density at radius 3 is 2.33 bits per heavy atom. The van der Waals surface area contributed by atoms with Crippen molar-refractivity contribution in [1.82, 2.24) is 9.55 Å². The zero-order valence-corrected chi connectivity index (χ0v) is 14.0. The lowest BCUT2D eigenvalue weighted by Gasteiger charge is -2.15. The number of nitrogens with one attached hydrogen (secondary N) is 2. The molecule has 0 saturated heterocycles. The van der Waals surface area contributed by atoms with Crippen LogP contribution in [0.25, 0.3) is 10.9 Å². The lowest BCUT2D eigenvalue weighted by molar-refractivity contribution is -0.137. The number of anilines is 1. The number of nitrogens with zero attached hydrogens (tertiary/aromatic N) is 1. The molecule has 140 valence electrons.